The first-order chi connectivity index (χ1) is 13.3. The summed E-state index contributed by atoms with van der Waals surface area (Å²) in [6, 6.07) is 12.1. The smallest absolute Gasteiger partial charge is 0.272 e. The number of benzene rings is 2. The van der Waals surface area contributed by atoms with Crippen LogP contribution in [0.4, 0.5) is 10.1 Å². The van der Waals surface area contributed by atoms with Gasteiger partial charge < -0.3 is 4.90 Å². The number of nitro groups is 1. The van der Waals surface area contributed by atoms with E-state index >= 15 is 0 Å². The highest BCUT2D eigenvalue weighted by atomic mass is 19.1. The van der Waals surface area contributed by atoms with E-state index < -0.39 is 10.7 Å². The third kappa shape index (κ3) is 3.55. The van der Waals surface area contributed by atoms with E-state index in [0.717, 1.165) is 24.6 Å². The molecule has 0 fully saturated rings. The van der Waals surface area contributed by atoms with Crippen molar-refractivity contribution in [3.63, 3.8) is 0 Å². The van der Waals surface area contributed by atoms with Crippen molar-refractivity contribution in [3.05, 3.63) is 70.2 Å². The molecule has 0 spiro atoms. The first-order valence-corrected chi connectivity index (χ1v) is 8.94. The Morgan fingerprint density at radius 3 is 2.64 bits per heavy atom. The van der Waals surface area contributed by atoms with Crippen molar-refractivity contribution < 1.29 is 14.1 Å². The maximum atomic E-state index is 14.6. The zero-order valence-electron chi connectivity index (χ0n) is 15.8. The normalized spacial score (nSPS) is 12.0. The van der Waals surface area contributed by atoms with Gasteiger partial charge in [-0.05, 0) is 30.9 Å². The molecular weight excluding hydrogens is 361 g/mol. The average molecular weight is 381 g/mol. The van der Waals surface area contributed by atoms with Crippen molar-refractivity contribution in [2.75, 3.05) is 7.05 Å². The quantitative estimate of drug-likeness (QED) is 0.469. The molecule has 6 nitrogen and oxygen atoms in total. The minimum atomic E-state index is -0.636. The van der Waals surface area contributed by atoms with Gasteiger partial charge in [0.15, 0.2) is 0 Å². The summed E-state index contributed by atoms with van der Waals surface area (Å²) < 4.78 is 14.6. The van der Waals surface area contributed by atoms with Gasteiger partial charge in [0.2, 0.25) is 0 Å². The summed E-state index contributed by atoms with van der Waals surface area (Å²) in [4.78, 5) is 29.4. The van der Waals surface area contributed by atoms with Crippen molar-refractivity contribution in [2.45, 2.75) is 26.3 Å². The molecule has 0 saturated carbocycles. The lowest BCUT2D eigenvalue weighted by molar-refractivity contribution is -0.384. The molecule has 0 saturated heterocycles. The number of pyridine rings is 1. The van der Waals surface area contributed by atoms with Crippen LogP contribution < -0.4 is 0 Å². The molecule has 28 heavy (non-hydrogen) atoms. The van der Waals surface area contributed by atoms with Crippen LogP contribution in [0.1, 0.15) is 30.8 Å². The first kappa shape index (κ1) is 19.4. The van der Waals surface area contributed by atoms with Crippen LogP contribution in [0, 0.1) is 15.9 Å². The fraction of sp³-hybridized carbons (Fsp3) is 0.238. The highest BCUT2D eigenvalue weighted by molar-refractivity contribution is 6.01. The van der Waals surface area contributed by atoms with E-state index in [2.05, 4.69) is 4.98 Å². The monoisotopic (exact) mass is 381 g/mol. The molecule has 3 rings (SSSR count). The van der Waals surface area contributed by atoms with Gasteiger partial charge in [-0.15, -0.1) is 0 Å². The Labute approximate surface area is 161 Å². The van der Waals surface area contributed by atoms with Crippen LogP contribution in [0.5, 0.6) is 0 Å². The summed E-state index contributed by atoms with van der Waals surface area (Å²) in [5, 5.41) is 12.5. The Balaban J connectivity index is 2.24. The number of nitrogens with zero attached hydrogens (tertiary/aromatic N) is 3. The standard InChI is InChI=1S/C21H20FN3O3/c1-4-13(2)24(3)21(26)19-11-14-7-5-6-8-16(14)20(23-19)17-12-15(25(27)28)9-10-18(17)22/h5-13H,4H2,1-3H3/t13-/m1/s1. The van der Waals surface area contributed by atoms with E-state index in [-0.39, 0.29) is 34.6 Å². The summed E-state index contributed by atoms with van der Waals surface area (Å²) in [6.07, 6.45) is 0.780. The number of non-ortho nitro benzene ring substituents is 1. The van der Waals surface area contributed by atoms with E-state index in [9.17, 15) is 19.3 Å². The molecule has 3 aromatic rings. The van der Waals surface area contributed by atoms with E-state index in [4.69, 9.17) is 0 Å². The zero-order chi connectivity index (χ0) is 20.4. The molecule has 1 amide bonds. The van der Waals surface area contributed by atoms with Crippen LogP contribution in [0.2, 0.25) is 0 Å². The lowest BCUT2D eigenvalue weighted by atomic mass is 10.0. The summed E-state index contributed by atoms with van der Waals surface area (Å²) >= 11 is 0. The number of rotatable bonds is 5. The van der Waals surface area contributed by atoms with Crippen LogP contribution in [-0.4, -0.2) is 33.8 Å². The maximum absolute atomic E-state index is 14.6. The summed E-state index contributed by atoms with van der Waals surface area (Å²) in [7, 11) is 1.70. The summed E-state index contributed by atoms with van der Waals surface area (Å²) in [5.41, 5.74) is 0.129. The van der Waals surface area contributed by atoms with Gasteiger partial charge in [-0.3, -0.25) is 14.9 Å². The molecule has 0 aliphatic rings. The van der Waals surface area contributed by atoms with E-state index in [0.29, 0.717) is 10.8 Å². The van der Waals surface area contributed by atoms with E-state index in [1.807, 2.05) is 19.9 Å². The Morgan fingerprint density at radius 1 is 1.25 bits per heavy atom. The molecule has 0 bridgehead atoms. The van der Waals surface area contributed by atoms with Gasteiger partial charge in [0.05, 0.1) is 10.6 Å². The van der Waals surface area contributed by atoms with Crippen LogP contribution in [0.25, 0.3) is 22.0 Å². The van der Waals surface area contributed by atoms with Crippen molar-refractivity contribution >= 4 is 22.4 Å². The number of amides is 1. The molecule has 0 radical (unpaired) electrons. The molecule has 1 atom stereocenters. The molecule has 7 heteroatoms. The molecular formula is C21H20FN3O3. The van der Waals surface area contributed by atoms with Crippen LogP contribution >= 0.6 is 0 Å². The van der Waals surface area contributed by atoms with Crippen molar-refractivity contribution in [2.24, 2.45) is 0 Å². The zero-order valence-corrected chi connectivity index (χ0v) is 15.8. The number of nitro benzene ring substituents is 1. The fourth-order valence-electron chi connectivity index (χ4n) is 2.98. The van der Waals surface area contributed by atoms with Gasteiger partial charge in [0, 0.05) is 36.2 Å². The number of carbonyl (C=O) groups is 1. The number of carbonyl (C=O) groups excluding carboxylic acids is 1. The van der Waals surface area contributed by atoms with Crippen molar-refractivity contribution in [1.29, 1.82) is 0 Å². The van der Waals surface area contributed by atoms with Gasteiger partial charge in [-0.1, -0.05) is 31.2 Å². The van der Waals surface area contributed by atoms with Gasteiger partial charge in [0.1, 0.15) is 11.5 Å². The SMILES string of the molecule is CC[C@@H](C)N(C)C(=O)c1cc2ccccc2c(-c2cc([N+](=O)[O-])ccc2F)n1. The Bertz CT molecular complexity index is 1070. The second-order valence-corrected chi connectivity index (χ2v) is 6.67. The molecule has 0 N–H and O–H groups in total. The largest absolute Gasteiger partial charge is 0.338 e. The number of aromatic nitrogens is 1. The second kappa shape index (κ2) is 7.72. The fourth-order valence-corrected chi connectivity index (χ4v) is 2.98. The van der Waals surface area contributed by atoms with Crippen LogP contribution in [0.15, 0.2) is 48.5 Å². The van der Waals surface area contributed by atoms with E-state index in [1.54, 1.807) is 36.2 Å². The van der Waals surface area contributed by atoms with E-state index in [1.165, 1.54) is 0 Å². The van der Waals surface area contributed by atoms with Gasteiger partial charge in [-0.25, -0.2) is 9.37 Å². The Hall–Kier alpha value is -3.35. The predicted molar refractivity (Wildman–Crippen MR) is 106 cm³/mol. The average Bonchev–Trinajstić information content (AvgIpc) is 2.71. The third-order valence-electron chi connectivity index (χ3n) is 4.95. The van der Waals surface area contributed by atoms with Crippen LogP contribution in [0.3, 0.4) is 0 Å². The number of halogens is 1. The van der Waals surface area contributed by atoms with Crippen molar-refractivity contribution in [3.8, 4) is 11.3 Å². The highest BCUT2D eigenvalue weighted by Crippen LogP contribution is 2.32. The minimum Gasteiger partial charge on any atom is -0.338 e. The molecule has 0 unspecified atom stereocenters. The third-order valence-corrected chi connectivity index (χ3v) is 4.95. The number of fused-ring (bicyclic) bond motifs is 1. The molecule has 1 aromatic heterocycles. The minimum absolute atomic E-state index is 0.00811. The lowest BCUT2D eigenvalue weighted by Gasteiger charge is -2.24. The molecule has 144 valence electrons. The summed E-state index contributed by atoms with van der Waals surface area (Å²) in [5.74, 6) is -0.921. The Morgan fingerprint density at radius 2 is 1.96 bits per heavy atom. The molecule has 2 aromatic carbocycles. The van der Waals surface area contributed by atoms with Gasteiger partial charge >= 0.3 is 0 Å². The van der Waals surface area contributed by atoms with Gasteiger partial charge in [0.25, 0.3) is 11.6 Å². The molecule has 1 heterocycles. The van der Waals surface area contributed by atoms with Crippen molar-refractivity contribution in [1.82, 2.24) is 9.88 Å². The van der Waals surface area contributed by atoms with Crippen LogP contribution in [-0.2, 0) is 0 Å². The Kier molecular flexibility index (Phi) is 5.35. The molecule has 0 aliphatic carbocycles. The predicted octanol–water partition coefficient (Wildman–Crippen LogP) is 4.82. The highest BCUT2D eigenvalue weighted by Gasteiger charge is 2.22. The van der Waals surface area contributed by atoms with Gasteiger partial charge in [-0.2, -0.15) is 0 Å². The first-order valence-electron chi connectivity index (χ1n) is 8.94. The number of hydrogen-bond donors (Lipinski definition) is 0. The topological polar surface area (TPSA) is 76.3 Å². The lowest BCUT2D eigenvalue weighted by Crippen LogP contribution is -2.35. The second-order valence-electron chi connectivity index (χ2n) is 6.67. The summed E-state index contributed by atoms with van der Waals surface area (Å²) in [6.45, 7) is 3.91. The maximum Gasteiger partial charge on any atom is 0.272 e. The number of hydrogen-bond acceptors (Lipinski definition) is 4. The molecule has 0 aliphatic heterocycles.